The summed E-state index contributed by atoms with van der Waals surface area (Å²) < 4.78 is 5.13. The summed E-state index contributed by atoms with van der Waals surface area (Å²) in [6.45, 7) is 1.03. The quantitative estimate of drug-likeness (QED) is 0.466. The van der Waals surface area contributed by atoms with Gasteiger partial charge in [-0.15, -0.1) is 0 Å². The van der Waals surface area contributed by atoms with Crippen LogP contribution in [0.2, 0.25) is 5.32 Å². The Morgan fingerprint density at radius 2 is 2.33 bits per heavy atom. The van der Waals surface area contributed by atoms with Gasteiger partial charge in [0.2, 0.25) is 0 Å². The molecule has 0 aromatic carbocycles. The van der Waals surface area contributed by atoms with Crippen LogP contribution in [0.5, 0.6) is 0 Å². The molecule has 0 aliphatic carbocycles. The Bertz CT molecular complexity index is 23.0. The van der Waals surface area contributed by atoms with E-state index in [1.807, 2.05) is 0 Å². The summed E-state index contributed by atoms with van der Waals surface area (Å²) in [5.74, 6) is 0. The van der Waals surface area contributed by atoms with Crippen molar-refractivity contribution in [1.29, 1.82) is 0 Å². The van der Waals surface area contributed by atoms with Crippen LogP contribution in [0.4, 0.5) is 0 Å². The summed E-state index contributed by atoms with van der Waals surface area (Å²) in [6.07, 6.45) is 2.70. The maximum absolute atomic E-state index is 5.13. The fraction of sp³-hybridized carbons (Fsp3) is 1.00. The van der Waals surface area contributed by atoms with Gasteiger partial charge in [0, 0.05) is 0 Å². The van der Waals surface area contributed by atoms with Gasteiger partial charge in [-0.25, -0.2) is 0 Å². The summed E-state index contributed by atoms with van der Waals surface area (Å²) >= 11 is 0.554. The van der Waals surface area contributed by atoms with Crippen molar-refractivity contribution in [3.05, 3.63) is 0 Å². The standard InChI is InChI=1S/C4H8OSe/c1-2-4-6-5-3-1/h1-4H2. The molecule has 1 nitrogen and oxygen atoms in total. The number of rotatable bonds is 0. The van der Waals surface area contributed by atoms with Gasteiger partial charge in [0.15, 0.2) is 0 Å². The van der Waals surface area contributed by atoms with Crippen molar-refractivity contribution in [1.82, 2.24) is 0 Å². The van der Waals surface area contributed by atoms with Crippen LogP contribution in [0.15, 0.2) is 0 Å². The predicted molar refractivity (Wildman–Crippen MR) is 25.7 cm³/mol. The van der Waals surface area contributed by atoms with Crippen molar-refractivity contribution in [3.8, 4) is 0 Å². The van der Waals surface area contributed by atoms with E-state index < -0.39 is 0 Å². The number of hydrogen-bond acceptors (Lipinski definition) is 1. The van der Waals surface area contributed by atoms with E-state index in [9.17, 15) is 0 Å². The molecule has 1 rings (SSSR count). The van der Waals surface area contributed by atoms with Gasteiger partial charge in [-0.2, -0.15) is 0 Å². The molecule has 36 valence electrons. The van der Waals surface area contributed by atoms with E-state index >= 15 is 0 Å². The molecule has 0 saturated carbocycles. The summed E-state index contributed by atoms with van der Waals surface area (Å²) in [7, 11) is 0. The monoisotopic (exact) mass is 152 g/mol. The van der Waals surface area contributed by atoms with E-state index in [0.717, 1.165) is 6.61 Å². The van der Waals surface area contributed by atoms with Gasteiger partial charge in [0.1, 0.15) is 0 Å². The molecule has 0 N–H and O–H groups in total. The molecule has 0 spiro atoms. The number of hydrogen-bond donors (Lipinski definition) is 0. The molecule has 1 saturated heterocycles. The molecule has 0 aromatic rings. The van der Waals surface area contributed by atoms with Crippen molar-refractivity contribution in [2.24, 2.45) is 0 Å². The zero-order chi connectivity index (χ0) is 4.24. The Morgan fingerprint density at radius 1 is 1.33 bits per heavy atom. The summed E-state index contributed by atoms with van der Waals surface area (Å²) in [6, 6.07) is 0. The summed E-state index contributed by atoms with van der Waals surface area (Å²) in [5.41, 5.74) is 0. The fourth-order valence-electron chi connectivity index (χ4n) is 0.440. The molecule has 0 bridgehead atoms. The van der Waals surface area contributed by atoms with Gasteiger partial charge in [-0.1, -0.05) is 0 Å². The van der Waals surface area contributed by atoms with Crippen LogP contribution in [0.3, 0.4) is 0 Å². The molecule has 0 aromatic heterocycles. The first kappa shape index (κ1) is 4.63. The minimum absolute atomic E-state index is 0.554. The van der Waals surface area contributed by atoms with Crippen LogP contribution in [0, 0.1) is 0 Å². The normalized spacial score (nSPS) is 24.0. The van der Waals surface area contributed by atoms with Gasteiger partial charge < -0.3 is 0 Å². The second kappa shape index (κ2) is 2.62. The van der Waals surface area contributed by atoms with E-state index in [0.29, 0.717) is 15.3 Å². The van der Waals surface area contributed by atoms with Crippen molar-refractivity contribution < 1.29 is 3.82 Å². The Labute approximate surface area is 44.5 Å². The van der Waals surface area contributed by atoms with E-state index in [1.165, 1.54) is 18.2 Å². The zero-order valence-corrected chi connectivity index (χ0v) is 5.36. The average Bonchev–Trinajstić information content (AvgIpc) is 1.72. The molecule has 1 fully saturated rings. The molecular weight excluding hydrogens is 143 g/mol. The maximum atomic E-state index is 5.13. The molecule has 1 heterocycles. The molecule has 6 heavy (non-hydrogen) atoms. The van der Waals surface area contributed by atoms with Crippen LogP contribution in [-0.2, 0) is 3.82 Å². The van der Waals surface area contributed by atoms with Crippen molar-refractivity contribution in [3.63, 3.8) is 0 Å². The Kier molecular flexibility index (Phi) is 2.02. The summed E-state index contributed by atoms with van der Waals surface area (Å²) in [4.78, 5) is 0. The van der Waals surface area contributed by atoms with Gasteiger partial charge in [0.05, 0.1) is 0 Å². The van der Waals surface area contributed by atoms with E-state index in [2.05, 4.69) is 0 Å². The fourth-order valence-corrected chi connectivity index (χ4v) is 1.86. The topological polar surface area (TPSA) is 9.23 Å². The second-order valence-corrected chi connectivity index (χ2v) is 3.20. The molecule has 0 amide bonds. The first-order valence-corrected chi connectivity index (χ1v) is 4.15. The van der Waals surface area contributed by atoms with Crippen molar-refractivity contribution in [2.45, 2.75) is 18.2 Å². The predicted octanol–water partition coefficient (Wildman–Crippen LogP) is 0.834. The van der Waals surface area contributed by atoms with Gasteiger partial charge in [-0.05, 0) is 0 Å². The Hall–Kier alpha value is 0.479. The molecule has 1 aliphatic heterocycles. The van der Waals surface area contributed by atoms with Crippen LogP contribution in [-0.4, -0.2) is 21.9 Å². The Morgan fingerprint density at radius 3 is 2.50 bits per heavy atom. The van der Waals surface area contributed by atoms with Gasteiger partial charge in [0.25, 0.3) is 0 Å². The van der Waals surface area contributed by atoms with E-state index in [4.69, 9.17) is 3.82 Å². The molecule has 1 aliphatic rings. The van der Waals surface area contributed by atoms with Crippen LogP contribution in [0.1, 0.15) is 12.8 Å². The van der Waals surface area contributed by atoms with Crippen LogP contribution in [0.25, 0.3) is 0 Å². The van der Waals surface area contributed by atoms with E-state index in [1.54, 1.807) is 0 Å². The third kappa shape index (κ3) is 1.29. The first-order chi connectivity index (χ1) is 3.00. The van der Waals surface area contributed by atoms with Crippen LogP contribution >= 0.6 is 0 Å². The van der Waals surface area contributed by atoms with E-state index in [-0.39, 0.29) is 0 Å². The third-order valence-electron chi connectivity index (χ3n) is 0.789. The third-order valence-corrected chi connectivity index (χ3v) is 2.44. The Balaban J connectivity index is 2.00. The van der Waals surface area contributed by atoms with Crippen molar-refractivity contribution >= 4 is 15.3 Å². The average molecular weight is 151 g/mol. The molecule has 0 unspecified atom stereocenters. The van der Waals surface area contributed by atoms with Crippen LogP contribution < -0.4 is 0 Å². The second-order valence-electron chi connectivity index (χ2n) is 1.35. The minimum atomic E-state index is 0.554. The zero-order valence-electron chi connectivity index (χ0n) is 3.64. The molecule has 2 heteroatoms. The van der Waals surface area contributed by atoms with Crippen molar-refractivity contribution in [2.75, 3.05) is 6.61 Å². The first-order valence-electron chi connectivity index (χ1n) is 2.24. The summed E-state index contributed by atoms with van der Waals surface area (Å²) in [5, 5.41) is 1.34. The molecule has 0 atom stereocenters. The van der Waals surface area contributed by atoms with Gasteiger partial charge >= 0.3 is 43.9 Å². The molecule has 0 radical (unpaired) electrons. The molecular formula is C4H8OSe. The SMILES string of the molecule is C1CC[Se]OC1. The van der Waals surface area contributed by atoms with Gasteiger partial charge in [-0.3, -0.25) is 0 Å².